The van der Waals surface area contributed by atoms with E-state index in [1.165, 1.54) is 30.6 Å². The van der Waals surface area contributed by atoms with Crippen molar-refractivity contribution < 1.29 is 38.1 Å². The first-order valence-electron chi connectivity index (χ1n) is 14.5. The van der Waals surface area contributed by atoms with Crippen LogP contribution in [0.2, 0.25) is 0 Å². The number of rotatable bonds is 10. The molecule has 0 aliphatic heterocycles. The fourth-order valence-corrected chi connectivity index (χ4v) is 4.94. The van der Waals surface area contributed by atoms with Gasteiger partial charge in [-0.1, -0.05) is 19.3 Å². The van der Waals surface area contributed by atoms with Gasteiger partial charge in [-0.3, -0.25) is 14.3 Å². The van der Waals surface area contributed by atoms with Crippen LogP contribution in [0.1, 0.15) is 68.4 Å². The summed E-state index contributed by atoms with van der Waals surface area (Å²) in [6.45, 7) is 2.34. The topological polar surface area (TPSA) is 174 Å². The molecule has 250 valence electrons. The predicted molar refractivity (Wildman–Crippen MR) is 168 cm³/mol. The van der Waals surface area contributed by atoms with E-state index in [4.69, 9.17) is 14.9 Å². The van der Waals surface area contributed by atoms with Crippen molar-refractivity contribution in [3.05, 3.63) is 53.6 Å². The zero-order valence-electron chi connectivity index (χ0n) is 25.9. The Kier molecular flexibility index (Phi) is 16.9. The summed E-state index contributed by atoms with van der Waals surface area (Å²) in [6, 6.07) is 2.42. The molecular weight excluding hydrogens is 624 g/mol. The molecule has 46 heavy (non-hydrogen) atoms. The molecule has 1 fully saturated rings. The van der Waals surface area contributed by atoms with Crippen LogP contribution in [0.3, 0.4) is 0 Å². The first kappa shape index (κ1) is 37.8. The van der Waals surface area contributed by atoms with Gasteiger partial charge in [0.1, 0.15) is 35.1 Å². The predicted octanol–water partition coefficient (Wildman–Crippen LogP) is 5.24. The van der Waals surface area contributed by atoms with Gasteiger partial charge in [0.05, 0.1) is 24.3 Å². The highest BCUT2D eigenvalue weighted by Gasteiger charge is 2.21. The lowest BCUT2D eigenvalue weighted by atomic mass is 9.96. The fraction of sp³-hybridized carbons (Fsp3) is 0.433. The Morgan fingerprint density at radius 1 is 1.15 bits per heavy atom. The third-order valence-electron chi connectivity index (χ3n) is 6.25. The van der Waals surface area contributed by atoms with Crippen LogP contribution in [0.15, 0.2) is 36.1 Å². The van der Waals surface area contributed by atoms with E-state index in [1.807, 2.05) is 17.1 Å². The number of carbonyl (C=O) groups is 3. The first-order valence-corrected chi connectivity index (χ1v) is 15.4. The van der Waals surface area contributed by atoms with Gasteiger partial charge < -0.3 is 25.1 Å². The van der Waals surface area contributed by atoms with Gasteiger partial charge in [-0.15, -0.1) is 11.3 Å². The van der Waals surface area contributed by atoms with E-state index in [2.05, 4.69) is 25.5 Å². The van der Waals surface area contributed by atoms with Crippen molar-refractivity contribution in [1.29, 1.82) is 0 Å². The van der Waals surface area contributed by atoms with Gasteiger partial charge in [0.25, 0.3) is 0 Å². The van der Waals surface area contributed by atoms with Gasteiger partial charge in [-0.2, -0.15) is 14.6 Å². The number of nitrogens with one attached hydrogen (secondary N) is 1. The molecule has 0 saturated heterocycles. The second-order valence-electron chi connectivity index (χ2n) is 9.67. The Morgan fingerprint density at radius 2 is 1.87 bits per heavy atom. The van der Waals surface area contributed by atoms with Gasteiger partial charge in [0.2, 0.25) is 5.95 Å². The van der Waals surface area contributed by atoms with E-state index in [9.17, 15) is 23.2 Å². The van der Waals surface area contributed by atoms with Crippen molar-refractivity contribution in [2.75, 3.05) is 26.1 Å². The standard InChI is InChI=1S/C15H18F2N4.C9H9N3O2S.C4H6O3.C2H6O/c1-18-12-9-21(10-5-3-2-4-6-10)20-15(12)14-11(16)7-8-13(17)19-14;1-14-6-12-3-7(2-10-12)9-11-8(4-13)5-15-9;5-3-1-2-4(6)7;1-2-3/h7-10,18H,2-6H2,1H3;2-5H,6H2,1H3;3H,1-2H2,(H,6,7);3H,2H2,1H3. The largest absolute Gasteiger partial charge is 0.481 e. The van der Waals surface area contributed by atoms with Crippen molar-refractivity contribution in [1.82, 2.24) is 29.5 Å². The Bertz CT molecular complexity index is 1500. The number of thiazole rings is 1. The average Bonchev–Trinajstić information content (AvgIpc) is 3.83. The number of halogens is 2. The quantitative estimate of drug-likeness (QED) is 0.149. The highest BCUT2D eigenvalue weighted by Crippen LogP contribution is 2.33. The molecule has 4 heterocycles. The number of aliphatic hydroxyl groups excluding tert-OH is 1. The number of aliphatic carboxylic acids is 1. The number of methoxy groups -OCH3 is 1. The second-order valence-corrected chi connectivity index (χ2v) is 10.5. The van der Waals surface area contributed by atoms with Crippen molar-refractivity contribution in [2.24, 2.45) is 0 Å². The number of anilines is 1. The maximum absolute atomic E-state index is 13.9. The minimum Gasteiger partial charge on any atom is -0.481 e. The molecule has 0 bridgehead atoms. The lowest BCUT2D eigenvalue weighted by molar-refractivity contribution is -0.137. The number of carboxylic acids is 1. The molecule has 0 aromatic carbocycles. The van der Waals surface area contributed by atoms with Gasteiger partial charge in [0.15, 0.2) is 12.1 Å². The molecule has 1 aliphatic rings. The van der Waals surface area contributed by atoms with E-state index in [-0.39, 0.29) is 25.1 Å². The molecule has 5 rings (SSSR count). The summed E-state index contributed by atoms with van der Waals surface area (Å²) in [4.78, 5) is 37.3. The van der Waals surface area contributed by atoms with Crippen LogP contribution in [0.5, 0.6) is 0 Å². The Morgan fingerprint density at radius 3 is 2.43 bits per heavy atom. The minimum absolute atomic E-state index is 0.0473. The summed E-state index contributed by atoms with van der Waals surface area (Å²) in [7, 11) is 3.35. The van der Waals surface area contributed by atoms with Gasteiger partial charge in [-0.25, -0.2) is 19.0 Å². The van der Waals surface area contributed by atoms with E-state index in [0.29, 0.717) is 36.1 Å². The highest BCUT2D eigenvalue weighted by molar-refractivity contribution is 7.13. The molecule has 0 radical (unpaired) electrons. The monoisotopic (exact) mass is 663 g/mol. The van der Waals surface area contributed by atoms with Crippen LogP contribution in [0.25, 0.3) is 22.0 Å². The van der Waals surface area contributed by atoms with Gasteiger partial charge in [0, 0.05) is 50.5 Å². The minimum atomic E-state index is -0.924. The number of hydrogen-bond acceptors (Lipinski definition) is 11. The Balaban J connectivity index is 0.000000256. The average molecular weight is 664 g/mol. The van der Waals surface area contributed by atoms with E-state index in [1.54, 1.807) is 37.3 Å². The Hall–Kier alpha value is -4.41. The molecular formula is C30H39F2N7O6S. The maximum atomic E-state index is 13.9. The molecule has 0 unspecified atom stereocenters. The molecule has 1 aliphatic carbocycles. The first-order chi connectivity index (χ1) is 22.2. The van der Waals surface area contributed by atoms with E-state index < -0.39 is 17.7 Å². The SMILES string of the molecule is CCO.CNc1cn(C2CCCCC2)nc1-c1nc(F)ccc1F.COCn1cc(-c2nc(C=O)cs2)cn1.O=CCCC(=O)O. The van der Waals surface area contributed by atoms with Crippen LogP contribution in [0, 0.1) is 11.8 Å². The van der Waals surface area contributed by atoms with Crippen LogP contribution in [-0.2, 0) is 21.1 Å². The maximum Gasteiger partial charge on any atom is 0.303 e. The lowest BCUT2D eigenvalue weighted by Gasteiger charge is -2.21. The molecule has 0 spiro atoms. The highest BCUT2D eigenvalue weighted by atomic mass is 32.1. The number of pyridine rings is 1. The number of aliphatic hydroxyl groups is 1. The van der Waals surface area contributed by atoms with E-state index >= 15 is 0 Å². The van der Waals surface area contributed by atoms with Crippen LogP contribution in [-0.4, -0.2) is 79.0 Å². The van der Waals surface area contributed by atoms with Crippen molar-refractivity contribution in [3.63, 3.8) is 0 Å². The summed E-state index contributed by atoms with van der Waals surface area (Å²) in [5, 5.41) is 29.5. The number of aldehydes is 2. The summed E-state index contributed by atoms with van der Waals surface area (Å²) >= 11 is 1.42. The van der Waals surface area contributed by atoms with Crippen molar-refractivity contribution >= 4 is 35.6 Å². The van der Waals surface area contributed by atoms with Crippen molar-refractivity contribution in [2.45, 2.75) is 64.6 Å². The lowest BCUT2D eigenvalue weighted by Crippen LogP contribution is -2.13. The summed E-state index contributed by atoms with van der Waals surface area (Å²) in [6.07, 6.45) is 12.5. The third-order valence-corrected chi connectivity index (χ3v) is 7.16. The molecule has 4 aromatic heterocycles. The summed E-state index contributed by atoms with van der Waals surface area (Å²) in [5.74, 6) is -2.20. The Labute approximate surface area is 269 Å². The molecule has 0 amide bonds. The third kappa shape index (κ3) is 12.2. The molecule has 3 N–H and O–H groups in total. The number of carboxylic acid groups (broad SMARTS) is 1. The van der Waals surface area contributed by atoms with Crippen LogP contribution < -0.4 is 5.32 Å². The number of nitrogens with zero attached hydrogens (tertiary/aromatic N) is 6. The van der Waals surface area contributed by atoms with Crippen molar-refractivity contribution in [3.8, 4) is 22.0 Å². The van der Waals surface area contributed by atoms with Gasteiger partial charge in [-0.05, 0) is 31.9 Å². The van der Waals surface area contributed by atoms with E-state index in [0.717, 1.165) is 41.8 Å². The molecule has 16 heteroatoms. The zero-order valence-corrected chi connectivity index (χ0v) is 26.8. The number of aromatic nitrogens is 6. The number of hydrogen-bond donors (Lipinski definition) is 3. The fourth-order valence-electron chi connectivity index (χ4n) is 4.20. The summed E-state index contributed by atoms with van der Waals surface area (Å²) < 4.78 is 35.7. The van der Waals surface area contributed by atoms with Crippen LogP contribution >= 0.6 is 11.3 Å². The zero-order chi connectivity index (χ0) is 33.9. The smallest absolute Gasteiger partial charge is 0.303 e. The van der Waals surface area contributed by atoms with Gasteiger partial charge >= 0.3 is 5.97 Å². The molecule has 4 aromatic rings. The molecule has 13 nitrogen and oxygen atoms in total. The second kappa shape index (κ2) is 20.6. The summed E-state index contributed by atoms with van der Waals surface area (Å²) in [5.41, 5.74) is 2.33. The number of carbonyl (C=O) groups excluding carboxylic acids is 2. The van der Waals surface area contributed by atoms with Crippen LogP contribution in [0.4, 0.5) is 14.5 Å². The number of ether oxygens (including phenoxy) is 1. The molecule has 0 atom stereocenters. The molecule has 1 saturated carbocycles. The normalized spacial score (nSPS) is 12.4.